The molecule has 0 aromatic rings. The summed E-state index contributed by atoms with van der Waals surface area (Å²) < 4.78 is 10.5. The Balaban J connectivity index is 2.10. The van der Waals surface area contributed by atoms with Crippen LogP contribution in [0.4, 0.5) is 0 Å². The zero-order valence-electron chi connectivity index (χ0n) is 6.38. The van der Waals surface area contributed by atoms with Crippen molar-refractivity contribution in [2.24, 2.45) is 0 Å². The summed E-state index contributed by atoms with van der Waals surface area (Å²) in [5.74, 6) is 0. The maximum atomic E-state index is 5.36. The molecule has 0 bridgehead atoms. The zero-order chi connectivity index (χ0) is 7.23. The zero-order valence-corrected chi connectivity index (χ0v) is 6.38. The average Bonchev–Trinajstić information content (AvgIpc) is 2.03. The number of hydrogen-bond donors (Lipinski definition) is 0. The predicted octanol–water partition coefficient (Wildman–Crippen LogP) is 2.06. The van der Waals surface area contributed by atoms with Crippen molar-refractivity contribution in [1.29, 1.82) is 0 Å². The van der Waals surface area contributed by atoms with Gasteiger partial charge in [-0.1, -0.05) is 6.92 Å². The van der Waals surface area contributed by atoms with Crippen LogP contribution < -0.4 is 0 Å². The van der Waals surface area contributed by atoms with Gasteiger partial charge in [-0.3, -0.25) is 0 Å². The van der Waals surface area contributed by atoms with Crippen molar-refractivity contribution in [3.05, 3.63) is 12.3 Å². The van der Waals surface area contributed by atoms with E-state index in [2.05, 4.69) is 6.92 Å². The van der Waals surface area contributed by atoms with Crippen molar-refractivity contribution in [3.63, 3.8) is 0 Å². The minimum Gasteiger partial charge on any atom is -0.473 e. The van der Waals surface area contributed by atoms with Crippen LogP contribution in [0.3, 0.4) is 0 Å². The van der Waals surface area contributed by atoms with Gasteiger partial charge in [-0.25, -0.2) is 0 Å². The highest BCUT2D eigenvalue weighted by molar-refractivity contribution is 4.78. The number of hydrogen-bond acceptors (Lipinski definition) is 2. The summed E-state index contributed by atoms with van der Waals surface area (Å²) in [5.41, 5.74) is 0. The lowest BCUT2D eigenvalue weighted by atomic mass is 10.3. The molecule has 58 valence electrons. The van der Waals surface area contributed by atoms with Crippen LogP contribution in [0.15, 0.2) is 12.3 Å². The number of rotatable bonds is 3. The van der Waals surface area contributed by atoms with Crippen molar-refractivity contribution in [3.8, 4) is 0 Å². The van der Waals surface area contributed by atoms with Crippen molar-refractivity contribution < 1.29 is 9.47 Å². The Bertz CT molecular complexity index is 110. The fourth-order valence-corrected chi connectivity index (χ4v) is 0.883. The Morgan fingerprint density at radius 1 is 1.70 bits per heavy atom. The Labute approximate surface area is 61.8 Å². The lowest BCUT2D eigenvalue weighted by Crippen LogP contribution is -2.16. The molecule has 1 aliphatic heterocycles. The summed E-state index contributed by atoms with van der Waals surface area (Å²) >= 11 is 0. The van der Waals surface area contributed by atoms with Crippen LogP contribution in [0.2, 0.25) is 0 Å². The minimum atomic E-state index is 0.0185. The first-order valence-corrected chi connectivity index (χ1v) is 3.85. The average molecular weight is 142 g/mol. The fourth-order valence-electron chi connectivity index (χ4n) is 0.883. The first kappa shape index (κ1) is 7.61. The van der Waals surface area contributed by atoms with Crippen molar-refractivity contribution in [2.75, 3.05) is 6.61 Å². The second-order valence-corrected chi connectivity index (χ2v) is 2.39. The third kappa shape index (κ3) is 2.40. The standard InChI is InChI=1S/C8H14O2/c1-2-6-9-8-5-3-4-7-10-8/h4,7-8H,2-3,5-6H2,1H3. The van der Waals surface area contributed by atoms with Crippen molar-refractivity contribution >= 4 is 0 Å². The molecular weight excluding hydrogens is 128 g/mol. The third-order valence-electron chi connectivity index (χ3n) is 1.40. The third-order valence-corrected chi connectivity index (χ3v) is 1.40. The molecule has 1 unspecified atom stereocenters. The Morgan fingerprint density at radius 2 is 2.60 bits per heavy atom. The minimum absolute atomic E-state index is 0.0185. The smallest absolute Gasteiger partial charge is 0.199 e. The number of allylic oxidation sites excluding steroid dienone is 1. The second kappa shape index (κ2) is 4.34. The maximum absolute atomic E-state index is 5.36. The van der Waals surface area contributed by atoms with Crippen molar-refractivity contribution in [1.82, 2.24) is 0 Å². The van der Waals surface area contributed by atoms with E-state index in [0.717, 1.165) is 25.9 Å². The predicted molar refractivity (Wildman–Crippen MR) is 39.5 cm³/mol. The summed E-state index contributed by atoms with van der Waals surface area (Å²) in [5, 5.41) is 0. The molecule has 0 spiro atoms. The normalized spacial score (nSPS) is 24.3. The molecular formula is C8H14O2. The van der Waals surface area contributed by atoms with E-state index in [1.165, 1.54) is 0 Å². The molecule has 1 atom stereocenters. The summed E-state index contributed by atoms with van der Waals surface area (Å²) in [4.78, 5) is 0. The van der Waals surface area contributed by atoms with E-state index < -0.39 is 0 Å². The molecule has 1 aliphatic rings. The van der Waals surface area contributed by atoms with Crippen LogP contribution in [0, 0.1) is 0 Å². The fraction of sp³-hybridized carbons (Fsp3) is 0.750. The second-order valence-electron chi connectivity index (χ2n) is 2.39. The molecule has 0 fully saturated rings. The maximum Gasteiger partial charge on any atom is 0.199 e. The van der Waals surface area contributed by atoms with Gasteiger partial charge in [0.1, 0.15) is 0 Å². The van der Waals surface area contributed by atoms with Crippen LogP contribution in [-0.4, -0.2) is 12.9 Å². The SMILES string of the molecule is CCCOC1CCC=CO1. The lowest BCUT2D eigenvalue weighted by molar-refractivity contribution is -0.114. The van der Waals surface area contributed by atoms with E-state index in [4.69, 9.17) is 9.47 Å². The number of ether oxygens (including phenoxy) is 2. The van der Waals surface area contributed by atoms with E-state index in [1.807, 2.05) is 6.08 Å². The summed E-state index contributed by atoms with van der Waals surface area (Å²) in [6, 6.07) is 0. The Morgan fingerprint density at radius 3 is 3.20 bits per heavy atom. The summed E-state index contributed by atoms with van der Waals surface area (Å²) in [7, 11) is 0. The molecule has 0 radical (unpaired) electrons. The monoisotopic (exact) mass is 142 g/mol. The summed E-state index contributed by atoms with van der Waals surface area (Å²) in [6.45, 7) is 2.90. The molecule has 0 saturated heterocycles. The van der Waals surface area contributed by atoms with E-state index >= 15 is 0 Å². The van der Waals surface area contributed by atoms with E-state index in [9.17, 15) is 0 Å². The van der Waals surface area contributed by atoms with Gasteiger partial charge in [0, 0.05) is 6.42 Å². The molecule has 10 heavy (non-hydrogen) atoms. The van der Waals surface area contributed by atoms with Gasteiger partial charge < -0.3 is 9.47 Å². The highest BCUT2D eigenvalue weighted by atomic mass is 16.7. The van der Waals surface area contributed by atoms with Crippen molar-refractivity contribution in [2.45, 2.75) is 32.5 Å². The van der Waals surface area contributed by atoms with Crippen LogP contribution >= 0.6 is 0 Å². The van der Waals surface area contributed by atoms with Gasteiger partial charge in [-0.05, 0) is 18.9 Å². The molecule has 1 heterocycles. The highest BCUT2D eigenvalue weighted by Gasteiger charge is 2.09. The first-order valence-electron chi connectivity index (χ1n) is 3.85. The van der Waals surface area contributed by atoms with Gasteiger partial charge in [0.15, 0.2) is 6.29 Å². The van der Waals surface area contributed by atoms with Crippen LogP contribution in [0.1, 0.15) is 26.2 Å². The Hall–Kier alpha value is -0.500. The van der Waals surface area contributed by atoms with E-state index in [-0.39, 0.29) is 6.29 Å². The van der Waals surface area contributed by atoms with E-state index in [1.54, 1.807) is 6.26 Å². The van der Waals surface area contributed by atoms with Gasteiger partial charge in [-0.2, -0.15) is 0 Å². The van der Waals surface area contributed by atoms with Crippen LogP contribution in [-0.2, 0) is 9.47 Å². The molecule has 0 amide bonds. The summed E-state index contributed by atoms with van der Waals surface area (Å²) in [6.07, 6.45) is 6.90. The van der Waals surface area contributed by atoms with Gasteiger partial charge in [0.25, 0.3) is 0 Å². The molecule has 0 saturated carbocycles. The molecule has 0 aromatic carbocycles. The first-order chi connectivity index (χ1) is 4.93. The van der Waals surface area contributed by atoms with Crippen LogP contribution in [0.25, 0.3) is 0 Å². The quantitative estimate of drug-likeness (QED) is 0.600. The molecule has 0 N–H and O–H groups in total. The van der Waals surface area contributed by atoms with Crippen LogP contribution in [0.5, 0.6) is 0 Å². The highest BCUT2D eigenvalue weighted by Crippen LogP contribution is 2.10. The molecule has 1 rings (SSSR count). The largest absolute Gasteiger partial charge is 0.473 e. The van der Waals surface area contributed by atoms with Gasteiger partial charge in [-0.15, -0.1) is 0 Å². The molecule has 2 heteroatoms. The van der Waals surface area contributed by atoms with Gasteiger partial charge in [0.05, 0.1) is 12.9 Å². The molecule has 0 aliphatic carbocycles. The molecule has 0 aromatic heterocycles. The lowest BCUT2D eigenvalue weighted by Gasteiger charge is -2.18. The van der Waals surface area contributed by atoms with E-state index in [0.29, 0.717) is 0 Å². The topological polar surface area (TPSA) is 18.5 Å². The Kier molecular flexibility index (Phi) is 3.30. The van der Waals surface area contributed by atoms with Gasteiger partial charge in [0.2, 0.25) is 0 Å². The molecule has 2 nitrogen and oxygen atoms in total. The van der Waals surface area contributed by atoms with Gasteiger partial charge >= 0.3 is 0 Å².